The fraction of sp³-hybridized carbons (Fsp3) is 0.654. The van der Waals surface area contributed by atoms with Gasteiger partial charge in [0.25, 0.3) is 0 Å². The third kappa shape index (κ3) is 8.29. The van der Waals surface area contributed by atoms with Crippen molar-refractivity contribution in [1.29, 1.82) is 0 Å². The van der Waals surface area contributed by atoms with Gasteiger partial charge in [0.1, 0.15) is 6.04 Å². The first-order valence-electron chi connectivity index (χ1n) is 12.7. The van der Waals surface area contributed by atoms with Gasteiger partial charge in [0.2, 0.25) is 11.8 Å². The van der Waals surface area contributed by atoms with E-state index in [1.807, 2.05) is 43.9 Å². The highest BCUT2D eigenvalue weighted by molar-refractivity contribution is 9.10. The molecule has 1 aromatic rings. The molecule has 0 bridgehead atoms. The Morgan fingerprint density at radius 1 is 1.09 bits per heavy atom. The average molecular weight is 538 g/mol. The maximum Gasteiger partial charge on any atom is 0.319 e. The first-order valence-corrected chi connectivity index (χ1v) is 13.5. The molecule has 4 amide bonds. The SMILES string of the molecule is CCCCCCCC(=O)N1CCN(C(=O)C(NC(=O)Nc2ccccc2Br)C(C)CC)CC1C. The summed E-state index contributed by atoms with van der Waals surface area (Å²) in [6, 6.07) is 6.29. The van der Waals surface area contributed by atoms with E-state index in [2.05, 4.69) is 33.5 Å². The number of halogens is 1. The molecule has 0 saturated carbocycles. The molecule has 3 atom stereocenters. The van der Waals surface area contributed by atoms with E-state index in [-0.39, 0.29) is 23.8 Å². The standard InChI is InChI=1S/C26H41BrN4O3/c1-5-7-8-9-10-15-23(32)31-17-16-30(18-20(31)4)25(33)24(19(3)6-2)29-26(34)28-22-14-12-11-13-21(22)27/h11-14,19-20,24H,5-10,15-18H2,1-4H3,(H2,28,29,34). The number of carbonyl (C=O) groups is 3. The van der Waals surface area contributed by atoms with Gasteiger partial charge in [0.15, 0.2) is 0 Å². The van der Waals surface area contributed by atoms with Crippen LogP contribution in [0.15, 0.2) is 28.7 Å². The Hall–Kier alpha value is -2.09. The zero-order valence-electron chi connectivity index (χ0n) is 21.1. The Morgan fingerprint density at radius 2 is 1.79 bits per heavy atom. The van der Waals surface area contributed by atoms with Crippen LogP contribution in [-0.4, -0.2) is 59.4 Å². The summed E-state index contributed by atoms with van der Waals surface area (Å²) >= 11 is 3.43. The molecule has 2 rings (SSSR count). The van der Waals surface area contributed by atoms with Gasteiger partial charge in [0, 0.05) is 36.6 Å². The fourth-order valence-corrected chi connectivity index (χ4v) is 4.68. The lowest BCUT2D eigenvalue weighted by Gasteiger charge is -2.41. The van der Waals surface area contributed by atoms with Crippen molar-refractivity contribution in [3.8, 4) is 0 Å². The molecule has 1 aliphatic rings. The van der Waals surface area contributed by atoms with Gasteiger partial charge in [-0.15, -0.1) is 0 Å². The van der Waals surface area contributed by atoms with Crippen molar-refractivity contribution in [3.05, 3.63) is 28.7 Å². The topological polar surface area (TPSA) is 81.8 Å². The minimum absolute atomic E-state index is 0.0180. The molecular formula is C26H41BrN4O3. The van der Waals surface area contributed by atoms with Crippen LogP contribution in [0.4, 0.5) is 10.5 Å². The second-order valence-electron chi connectivity index (χ2n) is 9.33. The maximum absolute atomic E-state index is 13.4. The van der Waals surface area contributed by atoms with Crippen LogP contribution in [-0.2, 0) is 9.59 Å². The van der Waals surface area contributed by atoms with Crippen LogP contribution in [0, 0.1) is 5.92 Å². The summed E-state index contributed by atoms with van der Waals surface area (Å²) in [5.74, 6) is 0.0752. The normalized spacial score (nSPS) is 17.7. The van der Waals surface area contributed by atoms with Crippen LogP contribution in [0.25, 0.3) is 0 Å². The minimum atomic E-state index is -0.625. The summed E-state index contributed by atoms with van der Waals surface area (Å²) in [6.07, 6.45) is 6.95. The van der Waals surface area contributed by atoms with Crippen molar-refractivity contribution in [2.45, 2.75) is 84.7 Å². The second kappa shape index (κ2) is 14.3. The van der Waals surface area contributed by atoms with E-state index in [4.69, 9.17) is 0 Å². The number of rotatable bonds is 11. The molecule has 0 aromatic heterocycles. The number of nitrogens with one attached hydrogen (secondary N) is 2. The highest BCUT2D eigenvalue weighted by Crippen LogP contribution is 2.22. The van der Waals surface area contributed by atoms with E-state index in [0.717, 1.165) is 23.7 Å². The number of hydrogen-bond acceptors (Lipinski definition) is 3. The number of urea groups is 1. The number of unbranched alkanes of at least 4 members (excludes halogenated alkanes) is 4. The summed E-state index contributed by atoms with van der Waals surface area (Å²) in [5, 5.41) is 5.71. The number of carbonyl (C=O) groups excluding carboxylic acids is 3. The first-order chi connectivity index (χ1) is 16.3. The molecule has 0 radical (unpaired) electrons. The van der Waals surface area contributed by atoms with Gasteiger partial charge in [-0.1, -0.05) is 65.0 Å². The van der Waals surface area contributed by atoms with Gasteiger partial charge >= 0.3 is 6.03 Å². The van der Waals surface area contributed by atoms with Crippen molar-refractivity contribution in [3.63, 3.8) is 0 Å². The van der Waals surface area contributed by atoms with Gasteiger partial charge in [0.05, 0.1) is 5.69 Å². The van der Waals surface area contributed by atoms with Crippen LogP contribution < -0.4 is 10.6 Å². The van der Waals surface area contributed by atoms with E-state index in [1.165, 1.54) is 19.3 Å². The Kier molecular flexibility index (Phi) is 11.9. The zero-order valence-corrected chi connectivity index (χ0v) is 22.7. The van der Waals surface area contributed by atoms with Crippen molar-refractivity contribution in [2.24, 2.45) is 5.92 Å². The predicted molar refractivity (Wildman–Crippen MR) is 141 cm³/mol. The molecule has 8 heteroatoms. The molecule has 3 unspecified atom stereocenters. The van der Waals surface area contributed by atoms with E-state index in [1.54, 1.807) is 11.0 Å². The van der Waals surface area contributed by atoms with Crippen molar-refractivity contribution < 1.29 is 14.4 Å². The van der Waals surface area contributed by atoms with Crippen molar-refractivity contribution in [1.82, 2.24) is 15.1 Å². The third-order valence-corrected chi connectivity index (χ3v) is 7.33. The lowest BCUT2D eigenvalue weighted by atomic mass is 9.97. The van der Waals surface area contributed by atoms with Gasteiger partial charge in [-0.25, -0.2) is 4.79 Å². The largest absolute Gasteiger partial charge is 0.337 e. The average Bonchev–Trinajstić information content (AvgIpc) is 2.82. The quantitative estimate of drug-likeness (QED) is 0.371. The number of para-hydroxylation sites is 1. The predicted octanol–water partition coefficient (Wildman–Crippen LogP) is 5.41. The molecule has 1 heterocycles. The van der Waals surface area contributed by atoms with Crippen LogP contribution in [0.1, 0.15) is 72.6 Å². The van der Waals surface area contributed by atoms with Crippen LogP contribution >= 0.6 is 15.9 Å². The number of hydrogen-bond donors (Lipinski definition) is 2. The van der Waals surface area contributed by atoms with E-state index >= 15 is 0 Å². The van der Waals surface area contributed by atoms with E-state index in [0.29, 0.717) is 31.7 Å². The highest BCUT2D eigenvalue weighted by atomic mass is 79.9. The third-order valence-electron chi connectivity index (χ3n) is 6.64. The van der Waals surface area contributed by atoms with Gasteiger partial charge in [-0.2, -0.15) is 0 Å². The molecular weight excluding hydrogens is 496 g/mol. The van der Waals surface area contributed by atoms with Crippen molar-refractivity contribution in [2.75, 3.05) is 25.0 Å². The lowest BCUT2D eigenvalue weighted by molar-refractivity contribution is -0.144. The molecule has 7 nitrogen and oxygen atoms in total. The summed E-state index contributed by atoms with van der Waals surface area (Å²) in [4.78, 5) is 42.5. The van der Waals surface area contributed by atoms with Crippen LogP contribution in [0.2, 0.25) is 0 Å². The Balaban J connectivity index is 1.93. The highest BCUT2D eigenvalue weighted by Gasteiger charge is 2.35. The number of benzene rings is 1. The number of nitrogens with zero attached hydrogens (tertiary/aromatic N) is 2. The number of piperazine rings is 1. The van der Waals surface area contributed by atoms with Gasteiger partial charge in [-0.05, 0) is 47.3 Å². The molecule has 0 aliphatic carbocycles. The van der Waals surface area contributed by atoms with Gasteiger partial charge in [-0.3, -0.25) is 9.59 Å². The second-order valence-corrected chi connectivity index (χ2v) is 10.2. The molecule has 190 valence electrons. The van der Waals surface area contributed by atoms with Gasteiger partial charge < -0.3 is 20.4 Å². The fourth-order valence-electron chi connectivity index (χ4n) is 4.29. The van der Waals surface area contributed by atoms with Crippen molar-refractivity contribution >= 4 is 39.5 Å². The number of amides is 4. The Labute approximate surface area is 213 Å². The monoisotopic (exact) mass is 536 g/mol. The summed E-state index contributed by atoms with van der Waals surface area (Å²) in [7, 11) is 0. The summed E-state index contributed by atoms with van der Waals surface area (Å²) < 4.78 is 0.775. The maximum atomic E-state index is 13.4. The number of anilines is 1. The Bertz CT molecular complexity index is 819. The van der Waals surface area contributed by atoms with E-state index in [9.17, 15) is 14.4 Å². The molecule has 34 heavy (non-hydrogen) atoms. The summed E-state index contributed by atoms with van der Waals surface area (Å²) in [6.45, 7) is 9.69. The Morgan fingerprint density at radius 3 is 2.44 bits per heavy atom. The molecule has 1 fully saturated rings. The van der Waals surface area contributed by atoms with E-state index < -0.39 is 12.1 Å². The molecule has 1 aliphatic heterocycles. The molecule has 1 saturated heterocycles. The smallest absolute Gasteiger partial charge is 0.319 e. The minimum Gasteiger partial charge on any atom is -0.337 e. The zero-order chi connectivity index (χ0) is 25.1. The first kappa shape index (κ1) is 28.1. The van der Waals surface area contributed by atoms with Crippen LogP contribution in [0.3, 0.4) is 0 Å². The summed E-state index contributed by atoms with van der Waals surface area (Å²) in [5.41, 5.74) is 0.644. The molecule has 1 aromatic carbocycles. The lowest BCUT2D eigenvalue weighted by Crippen LogP contribution is -2.60. The molecule has 2 N–H and O–H groups in total. The van der Waals surface area contributed by atoms with Crippen LogP contribution in [0.5, 0.6) is 0 Å². The molecule has 0 spiro atoms.